The Hall–Kier alpha value is -1.14. The van der Waals surface area contributed by atoms with Crippen molar-refractivity contribution in [3.8, 4) is 0 Å². The number of rotatable bonds is 5. The summed E-state index contributed by atoms with van der Waals surface area (Å²) in [7, 11) is -3.53. The van der Waals surface area contributed by atoms with Crippen molar-refractivity contribution in [2.24, 2.45) is 0 Å². The van der Waals surface area contributed by atoms with Crippen LogP contribution in [0.25, 0.3) is 0 Å². The third-order valence-corrected chi connectivity index (χ3v) is 3.93. The van der Waals surface area contributed by atoms with Crippen LogP contribution in [0.4, 0.5) is 10.1 Å². The summed E-state index contributed by atoms with van der Waals surface area (Å²) >= 11 is 0. The number of hydrogen-bond donors (Lipinski definition) is 1. The number of halogens is 1. The van der Waals surface area contributed by atoms with Gasteiger partial charge >= 0.3 is 0 Å². The van der Waals surface area contributed by atoms with Crippen LogP contribution in [0.15, 0.2) is 24.3 Å². The van der Waals surface area contributed by atoms with Gasteiger partial charge in [0.2, 0.25) is 10.0 Å². The number of hydrogen-bond acceptors (Lipinski definition) is 3. The highest BCUT2D eigenvalue weighted by atomic mass is 32.2. The molecule has 0 aromatic heterocycles. The van der Waals surface area contributed by atoms with Crippen molar-refractivity contribution >= 4 is 15.7 Å². The van der Waals surface area contributed by atoms with Crippen molar-refractivity contribution in [2.45, 2.75) is 6.92 Å². The maximum atomic E-state index is 12.7. The van der Waals surface area contributed by atoms with Crippen molar-refractivity contribution in [1.82, 2.24) is 0 Å². The summed E-state index contributed by atoms with van der Waals surface area (Å²) in [6.45, 7) is 1.49. The predicted octanol–water partition coefficient (Wildman–Crippen LogP) is 0.974. The van der Waals surface area contributed by atoms with Gasteiger partial charge in [-0.25, -0.2) is 12.8 Å². The van der Waals surface area contributed by atoms with Gasteiger partial charge in [-0.05, 0) is 31.2 Å². The summed E-state index contributed by atoms with van der Waals surface area (Å²) in [5, 5.41) is 8.67. The summed E-state index contributed by atoms with van der Waals surface area (Å²) in [5.74, 6) is -0.752. The van der Waals surface area contributed by atoms with Gasteiger partial charge in [0, 0.05) is 6.54 Å². The number of anilines is 1. The van der Waals surface area contributed by atoms with Crippen LogP contribution in [0.5, 0.6) is 0 Å². The minimum Gasteiger partial charge on any atom is -0.395 e. The standard InChI is InChI=1S/C10H14FNO3S/c1-2-12(16(14,15)8-7-13)10-5-3-9(11)4-6-10/h3-6,13H,2,7-8H2,1H3. The fraction of sp³-hybridized carbons (Fsp3) is 0.400. The lowest BCUT2D eigenvalue weighted by Crippen LogP contribution is -2.33. The lowest BCUT2D eigenvalue weighted by atomic mass is 10.3. The molecule has 4 nitrogen and oxygen atoms in total. The van der Waals surface area contributed by atoms with Gasteiger partial charge in [-0.2, -0.15) is 0 Å². The van der Waals surface area contributed by atoms with Crippen molar-refractivity contribution in [1.29, 1.82) is 0 Å². The second-order valence-electron chi connectivity index (χ2n) is 3.18. The molecule has 0 fully saturated rings. The molecule has 0 unspecified atom stereocenters. The van der Waals surface area contributed by atoms with Gasteiger partial charge in [-0.1, -0.05) is 0 Å². The molecule has 90 valence electrons. The third kappa shape index (κ3) is 2.93. The summed E-state index contributed by atoms with van der Waals surface area (Å²) in [5.41, 5.74) is 0.400. The van der Waals surface area contributed by atoms with E-state index >= 15 is 0 Å². The monoisotopic (exact) mass is 247 g/mol. The Morgan fingerprint density at radius 2 is 1.88 bits per heavy atom. The number of aliphatic hydroxyl groups is 1. The van der Waals surface area contributed by atoms with Crippen molar-refractivity contribution in [3.05, 3.63) is 30.1 Å². The van der Waals surface area contributed by atoms with Crippen LogP contribution in [-0.2, 0) is 10.0 Å². The summed E-state index contributed by atoms with van der Waals surface area (Å²) in [4.78, 5) is 0. The maximum Gasteiger partial charge on any atom is 0.237 e. The van der Waals surface area contributed by atoms with Crippen molar-refractivity contribution in [3.63, 3.8) is 0 Å². The first-order valence-electron chi connectivity index (χ1n) is 4.88. The van der Waals surface area contributed by atoms with Gasteiger partial charge in [0.05, 0.1) is 18.0 Å². The minimum atomic E-state index is -3.53. The van der Waals surface area contributed by atoms with E-state index in [9.17, 15) is 12.8 Å². The Morgan fingerprint density at radius 3 is 2.31 bits per heavy atom. The molecule has 6 heteroatoms. The van der Waals surface area contributed by atoms with Crippen LogP contribution in [0.1, 0.15) is 6.92 Å². The Bertz CT molecular complexity index is 430. The topological polar surface area (TPSA) is 57.6 Å². The highest BCUT2D eigenvalue weighted by molar-refractivity contribution is 7.92. The first-order valence-corrected chi connectivity index (χ1v) is 6.49. The average molecular weight is 247 g/mol. The molecule has 16 heavy (non-hydrogen) atoms. The lowest BCUT2D eigenvalue weighted by Gasteiger charge is -2.22. The van der Waals surface area contributed by atoms with Crippen LogP contribution in [0.3, 0.4) is 0 Å². The molecule has 0 spiro atoms. The second-order valence-corrected chi connectivity index (χ2v) is 5.19. The van der Waals surface area contributed by atoms with E-state index in [1.165, 1.54) is 24.3 Å². The smallest absolute Gasteiger partial charge is 0.237 e. The van der Waals surface area contributed by atoms with Gasteiger partial charge in [-0.3, -0.25) is 4.31 Å². The summed E-state index contributed by atoms with van der Waals surface area (Å²) in [6, 6.07) is 5.19. The van der Waals surface area contributed by atoms with E-state index in [2.05, 4.69) is 0 Å². The van der Waals surface area contributed by atoms with E-state index in [0.29, 0.717) is 5.69 Å². The number of nitrogens with zero attached hydrogens (tertiary/aromatic N) is 1. The van der Waals surface area contributed by atoms with Crippen LogP contribution in [0, 0.1) is 5.82 Å². The summed E-state index contributed by atoms with van der Waals surface area (Å²) in [6.07, 6.45) is 0. The van der Waals surface area contributed by atoms with E-state index in [-0.39, 0.29) is 12.3 Å². The van der Waals surface area contributed by atoms with E-state index in [1.54, 1.807) is 6.92 Å². The van der Waals surface area contributed by atoms with Crippen LogP contribution < -0.4 is 4.31 Å². The minimum absolute atomic E-state index is 0.244. The van der Waals surface area contributed by atoms with Crippen molar-refractivity contribution < 1.29 is 17.9 Å². The Kier molecular flexibility index (Phi) is 4.26. The van der Waals surface area contributed by atoms with Crippen molar-refractivity contribution in [2.75, 3.05) is 23.2 Å². The molecule has 0 saturated carbocycles. The molecule has 0 bridgehead atoms. The third-order valence-electron chi connectivity index (χ3n) is 2.09. The molecule has 0 amide bonds. The SMILES string of the molecule is CCN(c1ccc(F)cc1)S(=O)(=O)CCO. The van der Waals surface area contributed by atoms with Crippen LogP contribution >= 0.6 is 0 Å². The van der Waals surface area contributed by atoms with Gasteiger partial charge in [-0.15, -0.1) is 0 Å². The normalized spacial score (nSPS) is 11.4. The van der Waals surface area contributed by atoms with E-state index in [1.807, 2.05) is 0 Å². The predicted molar refractivity (Wildman–Crippen MR) is 60.3 cm³/mol. The Balaban J connectivity index is 3.03. The first-order chi connectivity index (χ1) is 7.51. The van der Waals surface area contributed by atoms with Gasteiger partial charge < -0.3 is 5.11 Å². The van der Waals surface area contributed by atoms with E-state index < -0.39 is 22.4 Å². The molecule has 0 saturated heterocycles. The van der Waals surface area contributed by atoms with Crippen LogP contribution in [0.2, 0.25) is 0 Å². The molecule has 1 N–H and O–H groups in total. The zero-order valence-electron chi connectivity index (χ0n) is 8.93. The summed E-state index contributed by atoms with van der Waals surface area (Å²) < 4.78 is 37.3. The molecule has 0 aliphatic rings. The molecule has 1 aromatic rings. The first kappa shape index (κ1) is 12.9. The molecule has 0 radical (unpaired) electrons. The molecule has 0 aliphatic heterocycles. The Labute approximate surface area is 94.4 Å². The molecule has 0 atom stereocenters. The Morgan fingerprint density at radius 1 is 1.31 bits per heavy atom. The van der Waals surface area contributed by atoms with Gasteiger partial charge in [0.15, 0.2) is 0 Å². The van der Waals surface area contributed by atoms with Gasteiger partial charge in [0.25, 0.3) is 0 Å². The fourth-order valence-corrected chi connectivity index (χ4v) is 2.66. The zero-order chi connectivity index (χ0) is 12.2. The largest absolute Gasteiger partial charge is 0.395 e. The molecule has 0 heterocycles. The van der Waals surface area contributed by atoms with E-state index in [4.69, 9.17) is 5.11 Å². The second kappa shape index (κ2) is 5.27. The number of aliphatic hydroxyl groups excluding tert-OH is 1. The van der Waals surface area contributed by atoms with E-state index in [0.717, 1.165) is 4.31 Å². The highest BCUT2D eigenvalue weighted by Gasteiger charge is 2.19. The fourth-order valence-electron chi connectivity index (χ4n) is 1.37. The molecular weight excluding hydrogens is 233 g/mol. The number of sulfonamides is 1. The molecule has 1 rings (SSSR count). The highest BCUT2D eigenvalue weighted by Crippen LogP contribution is 2.18. The lowest BCUT2D eigenvalue weighted by molar-refractivity contribution is 0.319. The molecular formula is C10H14FNO3S. The maximum absolute atomic E-state index is 12.7. The average Bonchev–Trinajstić information content (AvgIpc) is 2.21. The zero-order valence-corrected chi connectivity index (χ0v) is 9.74. The number of benzene rings is 1. The quantitative estimate of drug-likeness (QED) is 0.843. The molecule has 0 aliphatic carbocycles. The molecule has 1 aromatic carbocycles. The van der Waals surface area contributed by atoms with Crippen LogP contribution in [-0.4, -0.2) is 32.4 Å². The van der Waals surface area contributed by atoms with Gasteiger partial charge in [0.1, 0.15) is 5.82 Å².